The van der Waals surface area contributed by atoms with Gasteiger partial charge in [0.2, 0.25) is 21.8 Å². The highest BCUT2D eigenvalue weighted by Crippen LogP contribution is 2.23. The lowest BCUT2D eigenvalue weighted by Crippen LogP contribution is -2.52. The second-order valence-corrected chi connectivity index (χ2v) is 11.4. The van der Waals surface area contributed by atoms with E-state index in [-0.39, 0.29) is 18.5 Å². The van der Waals surface area contributed by atoms with Gasteiger partial charge in [-0.05, 0) is 55.7 Å². The molecule has 0 aromatic heterocycles. The molecular formula is C30H37N3O5S. The van der Waals surface area contributed by atoms with Crippen molar-refractivity contribution in [1.82, 2.24) is 10.2 Å². The van der Waals surface area contributed by atoms with E-state index in [4.69, 9.17) is 4.74 Å². The van der Waals surface area contributed by atoms with Crippen molar-refractivity contribution in [3.63, 3.8) is 0 Å². The summed E-state index contributed by atoms with van der Waals surface area (Å²) in [4.78, 5) is 28.0. The van der Waals surface area contributed by atoms with E-state index in [1.165, 1.54) is 4.90 Å². The SMILES string of the molecule is CC[C@H](C)NC(=O)[C@H](C)N(Cc1ccccc1)C(=O)CN(c1ccc(OCc2ccccc2)cc1)S(C)(=O)=O. The molecule has 39 heavy (non-hydrogen) atoms. The largest absolute Gasteiger partial charge is 0.489 e. The first-order valence-electron chi connectivity index (χ1n) is 13.0. The molecule has 0 aliphatic carbocycles. The third kappa shape index (κ3) is 8.85. The molecule has 0 radical (unpaired) electrons. The Morgan fingerprint density at radius 3 is 1.97 bits per heavy atom. The van der Waals surface area contributed by atoms with Crippen LogP contribution in [0.4, 0.5) is 5.69 Å². The van der Waals surface area contributed by atoms with Gasteiger partial charge in [-0.1, -0.05) is 67.6 Å². The van der Waals surface area contributed by atoms with Gasteiger partial charge in [-0.25, -0.2) is 8.42 Å². The van der Waals surface area contributed by atoms with Crippen LogP contribution in [0.3, 0.4) is 0 Å². The summed E-state index contributed by atoms with van der Waals surface area (Å²) >= 11 is 0. The molecule has 9 heteroatoms. The fourth-order valence-corrected chi connectivity index (χ4v) is 4.74. The Hall–Kier alpha value is -3.85. The second kappa shape index (κ2) is 13.8. The van der Waals surface area contributed by atoms with Crippen LogP contribution in [0.1, 0.15) is 38.3 Å². The lowest BCUT2D eigenvalue weighted by atomic mass is 10.1. The maximum atomic E-state index is 13.6. The van der Waals surface area contributed by atoms with E-state index >= 15 is 0 Å². The van der Waals surface area contributed by atoms with Gasteiger partial charge in [0.25, 0.3) is 0 Å². The monoisotopic (exact) mass is 551 g/mol. The van der Waals surface area contributed by atoms with Gasteiger partial charge in [0.05, 0.1) is 11.9 Å². The number of hydrogen-bond acceptors (Lipinski definition) is 5. The third-order valence-corrected chi connectivity index (χ3v) is 7.56. The van der Waals surface area contributed by atoms with Gasteiger partial charge in [0, 0.05) is 12.6 Å². The number of ether oxygens (including phenoxy) is 1. The smallest absolute Gasteiger partial charge is 0.244 e. The Labute approximate surface area is 231 Å². The standard InChI is InChI=1S/C30H37N3O5S/c1-5-23(2)31-30(35)24(3)32(20-25-12-8-6-9-13-25)29(34)21-33(39(4,36)37)27-16-18-28(19-17-27)38-22-26-14-10-7-11-15-26/h6-19,23-24H,5,20-22H2,1-4H3,(H,31,35)/t23-,24-/m0/s1. The molecule has 0 aliphatic heterocycles. The second-order valence-electron chi connectivity index (χ2n) is 9.54. The van der Waals surface area contributed by atoms with E-state index in [0.717, 1.165) is 28.1 Å². The van der Waals surface area contributed by atoms with Crippen LogP contribution in [-0.2, 0) is 32.8 Å². The molecule has 3 aromatic carbocycles. The molecule has 0 bridgehead atoms. The highest BCUT2D eigenvalue weighted by atomic mass is 32.2. The first kappa shape index (κ1) is 29.7. The fourth-order valence-electron chi connectivity index (χ4n) is 3.89. The number of anilines is 1. The number of nitrogens with zero attached hydrogens (tertiary/aromatic N) is 2. The van der Waals surface area contributed by atoms with E-state index < -0.39 is 28.5 Å². The summed E-state index contributed by atoms with van der Waals surface area (Å²) < 4.78 is 32.4. The van der Waals surface area contributed by atoms with Gasteiger partial charge in [0.1, 0.15) is 24.9 Å². The molecule has 8 nitrogen and oxygen atoms in total. The molecule has 0 saturated carbocycles. The van der Waals surface area contributed by atoms with Crippen molar-refractivity contribution in [2.75, 3.05) is 17.1 Å². The lowest BCUT2D eigenvalue weighted by Gasteiger charge is -2.32. The van der Waals surface area contributed by atoms with Gasteiger partial charge in [0.15, 0.2) is 0 Å². The Morgan fingerprint density at radius 2 is 1.44 bits per heavy atom. The number of nitrogens with one attached hydrogen (secondary N) is 1. The minimum atomic E-state index is -3.81. The first-order chi connectivity index (χ1) is 18.6. The Balaban J connectivity index is 1.80. The predicted octanol–water partition coefficient (Wildman–Crippen LogP) is 4.36. The summed E-state index contributed by atoms with van der Waals surface area (Å²) in [5.74, 6) is -0.205. The number of benzene rings is 3. The van der Waals surface area contributed by atoms with Crippen molar-refractivity contribution < 1.29 is 22.7 Å². The molecule has 2 amide bonds. The van der Waals surface area contributed by atoms with Crippen molar-refractivity contribution in [2.45, 2.75) is 52.4 Å². The molecular weight excluding hydrogens is 514 g/mol. The Morgan fingerprint density at radius 1 is 0.872 bits per heavy atom. The summed E-state index contributed by atoms with van der Waals surface area (Å²) in [6.45, 7) is 5.61. The van der Waals surface area contributed by atoms with Crippen molar-refractivity contribution in [3.05, 3.63) is 96.1 Å². The topological polar surface area (TPSA) is 96.0 Å². The Bertz CT molecular complexity index is 1320. The highest BCUT2D eigenvalue weighted by Gasteiger charge is 2.30. The zero-order valence-corrected chi connectivity index (χ0v) is 23.7. The van der Waals surface area contributed by atoms with Crippen LogP contribution in [0, 0.1) is 0 Å². The number of sulfonamides is 1. The van der Waals surface area contributed by atoms with E-state index in [1.54, 1.807) is 31.2 Å². The zero-order valence-electron chi connectivity index (χ0n) is 22.9. The van der Waals surface area contributed by atoms with E-state index in [9.17, 15) is 18.0 Å². The molecule has 1 N–H and O–H groups in total. The normalized spacial score (nSPS) is 12.7. The predicted molar refractivity (Wildman–Crippen MR) is 154 cm³/mol. The van der Waals surface area contributed by atoms with E-state index in [0.29, 0.717) is 18.0 Å². The van der Waals surface area contributed by atoms with Crippen LogP contribution in [0.5, 0.6) is 5.75 Å². The molecule has 0 saturated heterocycles. The molecule has 208 valence electrons. The quantitative estimate of drug-likeness (QED) is 0.341. The summed E-state index contributed by atoms with van der Waals surface area (Å²) in [6.07, 6.45) is 1.80. The van der Waals surface area contributed by atoms with Crippen molar-refractivity contribution in [2.24, 2.45) is 0 Å². The maximum absolute atomic E-state index is 13.6. The molecule has 0 fully saturated rings. The molecule has 3 aromatic rings. The fraction of sp³-hybridized carbons (Fsp3) is 0.333. The van der Waals surface area contributed by atoms with Gasteiger partial charge in [-0.15, -0.1) is 0 Å². The van der Waals surface area contributed by atoms with E-state index in [1.807, 2.05) is 74.5 Å². The average molecular weight is 552 g/mol. The zero-order chi connectivity index (χ0) is 28.4. The molecule has 3 rings (SSSR count). The first-order valence-corrected chi connectivity index (χ1v) is 14.8. The highest BCUT2D eigenvalue weighted by molar-refractivity contribution is 7.92. The van der Waals surface area contributed by atoms with Gasteiger partial charge in [-0.2, -0.15) is 0 Å². The van der Waals surface area contributed by atoms with E-state index in [2.05, 4.69) is 5.32 Å². The van der Waals surface area contributed by atoms with Crippen LogP contribution < -0.4 is 14.4 Å². The van der Waals surface area contributed by atoms with Crippen LogP contribution in [-0.4, -0.2) is 50.0 Å². The molecule has 2 atom stereocenters. The van der Waals surface area contributed by atoms with Crippen molar-refractivity contribution in [3.8, 4) is 5.75 Å². The molecule has 0 heterocycles. The van der Waals surface area contributed by atoms with Gasteiger partial charge in [-0.3, -0.25) is 13.9 Å². The minimum Gasteiger partial charge on any atom is -0.489 e. The summed E-state index contributed by atoms with van der Waals surface area (Å²) in [6, 6.07) is 24.7. The van der Waals surface area contributed by atoms with Crippen molar-refractivity contribution >= 4 is 27.5 Å². The number of rotatable bonds is 13. The molecule has 0 aliphatic rings. The number of carbonyl (C=O) groups is 2. The lowest BCUT2D eigenvalue weighted by molar-refractivity contribution is -0.139. The number of carbonyl (C=O) groups excluding carboxylic acids is 2. The van der Waals surface area contributed by atoms with Crippen LogP contribution in [0.25, 0.3) is 0 Å². The summed E-state index contributed by atoms with van der Waals surface area (Å²) in [5, 5.41) is 2.92. The van der Waals surface area contributed by atoms with Crippen LogP contribution >= 0.6 is 0 Å². The number of amides is 2. The van der Waals surface area contributed by atoms with Gasteiger partial charge < -0.3 is 15.0 Å². The minimum absolute atomic E-state index is 0.0521. The number of hydrogen-bond donors (Lipinski definition) is 1. The average Bonchev–Trinajstić information content (AvgIpc) is 2.93. The third-order valence-electron chi connectivity index (χ3n) is 6.42. The Kier molecular flexibility index (Phi) is 10.5. The summed E-state index contributed by atoms with van der Waals surface area (Å²) in [5.41, 5.74) is 2.17. The molecule has 0 unspecified atom stereocenters. The van der Waals surface area contributed by atoms with Crippen LogP contribution in [0.15, 0.2) is 84.9 Å². The van der Waals surface area contributed by atoms with Gasteiger partial charge >= 0.3 is 0 Å². The summed E-state index contributed by atoms with van der Waals surface area (Å²) in [7, 11) is -3.81. The maximum Gasteiger partial charge on any atom is 0.244 e. The van der Waals surface area contributed by atoms with Crippen molar-refractivity contribution in [1.29, 1.82) is 0 Å². The van der Waals surface area contributed by atoms with Crippen LogP contribution in [0.2, 0.25) is 0 Å². The molecule has 0 spiro atoms.